The van der Waals surface area contributed by atoms with Crippen LogP contribution < -0.4 is 5.32 Å². The van der Waals surface area contributed by atoms with Crippen LogP contribution >= 0.6 is 11.6 Å². The van der Waals surface area contributed by atoms with Gasteiger partial charge < -0.3 is 10.1 Å². The van der Waals surface area contributed by atoms with Gasteiger partial charge in [-0.2, -0.15) is 0 Å². The topological polar surface area (TPSA) is 38.3 Å². The Hall–Kier alpha value is -1.22. The first-order valence-electron chi connectivity index (χ1n) is 5.85. The Morgan fingerprint density at radius 3 is 2.76 bits per heavy atom. The van der Waals surface area contributed by atoms with Crippen molar-refractivity contribution in [3.8, 4) is 0 Å². The molecule has 2 rings (SSSR count). The van der Waals surface area contributed by atoms with E-state index in [2.05, 4.69) is 12.2 Å². The fourth-order valence-corrected chi connectivity index (χ4v) is 2.11. The summed E-state index contributed by atoms with van der Waals surface area (Å²) in [5.74, 6) is 0.451. The molecule has 3 nitrogen and oxygen atoms in total. The number of alkyl carbamates (subject to hydrolysis) is 1. The van der Waals surface area contributed by atoms with Crippen LogP contribution in [0.3, 0.4) is 0 Å². The van der Waals surface area contributed by atoms with Crippen LogP contribution in [0.4, 0.5) is 4.79 Å². The molecule has 1 heterocycles. The first-order valence-corrected chi connectivity index (χ1v) is 6.23. The number of nitrogens with one attached hydrogen (secondary N) is 1. The van der Waals surface area contributed by atoms with Crippen molar-refractivity contribution in [1.29, 1.82) is 0 Å². The van der Waals surface area contributed by atoms with Crippen molar-refractivity contribution in [1.82, 2.24) is 5.32 Å². The largest absolute Gasteiger partial charge is 0.444 e. The second-order valence-corrected chi connectivity index (χ2v) is 4.87. The molecule has 1 fully saturated rings. The predicted molar refractivity (Wildman–Crippen MR) is 67.4 cm³/mol. The smallest absolute Gasteiger partial charge is 0.407 e. The summed E-state index contributed by atoms with van der Waals surface area (Å²) < 4.78 is 5.10. The lowest BCUT2D eigenvalue weighted by Gasteiger charge is -2.14. The molecule has 1 aliphatic heterocycles. The van der Waals surface area contributed by atoms with E-state index in [9.17, 15) is 4.79 Å². The molecule has 0 saturated carbocycles. The summed E-state index contributed by atoms with van der Waals surface area (Å²) in [7, 11) is 0. The Balaban J connectivity index is 1.82. The third-order valence-electron chi connectivity index (χ3n) is 3.11. The molecule has 17 heavy (non-hydrogen) atoms. The van der Waals surface area contributed by atoms with Crippen molar-refractivity contribution in [2.45, 2.75) is 31.8 Å². The molecule has 0 bridgehead atoms. The number of carbonyl (C=O) groups is 1. The molecule has 1 saturated heterocycles. The number of ether oxygens (including phenoxy) is 1. The van der Waals surface area contributed by atoms with Crippen molar-refractivity contribution in [3.63, 3.8) is 0 Å². The van der Waals surface area contributed by atoms with Gasteiger partial charge in [-0.05, 0) is 36.5 Å². The highest BCUT2D eigenvalue weighted by atomic mass is 35.5. The van der Waals surface area contributed by atoms with Crippen LogP contribution in [0.2, 0.25) is 5.02 Å². The quantitative estimate of drug-likeness (QED) is 0.894. The van der Waals surface area contributed by atoms with Gasteiger partial charge in [0.05, 0.1) is 6.54 Å². The lowest BCUT2D eigenvalue weighted by atomic mass is 9.95. The van der Waals surface area contributed by atoms with Crippen LogP contribution in [0.1, 0.15) is 31.2 Å². The third kappa shape index (κ3) is 3.37. The van der Waals surface area contributed by atoms with Gasteiger partial charge in [0.25, 0.3) is 0 Å². The van der Waals surface area contributed by atoms with Gasteiger partial charge in [-0.25, -0.2) is 4.79 Å². The lowest BCUT2D eigenvalue weighted by Crippen LogP contribution is -2.15. The number of hydrogen-bond acceptors (Lipinski definition) is 2. The second-order valence-electron chi connectivity index (χ2n) is 4.44. The monoisotopic (exact) mass is 253 g/mol. The first kappa shape index (κ1) is 12.2. The minimum atomic E-state index is -0.297. The van der Waals surface area contributed by atoms with Gasteiger partial charge in [0, 0.05) is 5.02 Å². The van der Waals surface area contributed by atoms with E-state index >= 15 is 0 Å². The summed E-state index contributed by atoms with van der Waals surface area (Å²) in [5.41, 5.74) is 1.27. The molecule has 92 valence electrons. The minimum Gasteiger partial charge on any atom is -0.444 e. The summed E-state index contributed by atoms with van der Waals surface area (Å²) in [4.78, 5) is 10.9. The van der Waals surface area contributed by atoms with E-state index in [0.717, 1.165) is 17.9 Å². The molecular weight excluding hydrogens is 238 g/mol. The first-order chi connectivity index (χ1) is 8.15. The van der Waals surface area contributed by atoms with Crippen molar-refractivity contribution in [2.24, 2.45) is 0 Å². The van der Waals surface area contributed by atoms with Gasteiger partial charge in [-0.1, -0.05) is 30.7 Å². The SMILES string of the molecule is C[C@H](CC[C@H]1CNC(=O)O1)c1ccc(Cl)cc1. The minimum absolute atomic E-state index is 0.0252. The Morgan fingerprint density at radius 1 is 1.47 bits per heavy atom. The Labute approximate surface area is 106 Å². The van der Waals surface area contributed by atoms with Crippen LogP contribution in [0.25, 0.3) is 0 Å². The second kappa shape index (κ2) is 5.41. The van der Waals surface area contributed by atoms with Gasteiger partial charge in [0.1, 0.15) is 6.10 Å². The van der Waals surface area contributed by atoms with Gasteiger partial charge in [0.15, 0.2) is 0 Å². The van der Waals surface area contributed by atoms with Crippen molar-refractivity contribution >= 4 is 17.7 Å². The van der Waals surface area contributed by atoms with Crippen LogP contribution in [-0.2, 0) is 4.74 Å². The molecule has 0 radical (unpaired) electrons. The highest BCUT2D eigenvalue weighted by molar-refractivity contribution is 6.30. The highest BCUT2D eigenvalue weighted by Crippen LogP contribution is 2.24. The third-order valence-corrected chi connectivity index (χ3v) is 3.36. The van der Waals surface area contributed by atoms with Gasteiger partial charge in [0.2, 0.25) is 0 Å². The summed E-state index contributed by atoms with van der Waals surface area (Å²) in [6, 6.07) is 7.91. The summed E-state index contributed by atoms with van der Waals surface area (Å²) in [5, 5.41) is 3.42. The fraction of sp³-hybridized carbons (Fsp3) is 0.462. The molecule has 1 aliphatic rings. The number of amides is 1. The number of halogens is 1. The highest BCUT2D eigenvalue weighted by Gasteiger charge is 2.22. The van der Waals surface area contributed by atoms with Gasteiger partial charge >= 0.3 is 6.09 Å². The normalized spacial score (nSPS) is 20.8. The zero-order chi connectivity index (χ0) is 12.3. The standard InChI is InChI=1S/C13H16ClNO2/c1-9(10-3-5-11(14)6-4-10)2-7-12-8-15-13(16)17-12/h3-6,9,12H,2,7-8H2,1H3,(H,15,16)/t9-,12+/m1/s1. The number of carbonyl (C=O) groups excluding carboxylic acids is 1. The van der Waals surface area contributed by atoms with E-state index < -0.39 is 0 Å². The van der Waals surface area contributed by atoms with E-state index in [1.54, 1.807) is 0 Å². The van der Waals surface area contributed by atoms with E-state index in [0.29, 0.717) is 12.5 Å². The molecule has 1 aromatic rings. The van der Waals surface area contributed by atoms with Crippen molar-refractivity contribution in [2.75, 3.05) is 6.54 Å². The van der Waals surface area contributed by atoms with Crippen molar-refractivity contribution < 1.29 is 9.53 Å². The van der Waals surface area contributed by atoms with E-state index in [1.165, 1.54) is 5.56 Å². The maximum atomic E-state index is 10.9. The van der Waals surface area contributed by atoms with E-state index in [1.807, 2.05) is 24.3 Å². The lowest BCUT2D eigenvalue weighted by molar-refractivity contribution is 0.133. The van der Waals surface area contributed by atoms with Crippen LogP contribution in [0.15, 0.2) is 24.3 Å². The van der Waals surface area contributed by atoms with Gasteiger partial charge in [-0.15, -0.1) is 0 Å². The number of benzene rings is 1. The molecule has 4 heteroatoms. The maximum Gasteiger partial charge on any atom is 0.407 e. The molecule has 0 unspecified atom stereocenters. The average molecular weight is 254 g/mol. The van der Waals surface area contributed by atoms with Crippen molar-refractivity contribution in [3.05, 3.63) is 34.9 Å². The van der Waals surface area contributed by atoms with Crippen LogP contribution in [-0.4, -0.2) is 18.7 Å². The summed E-state index contributed by atoms with van der Waals surface area (Å²) in [6.45, 7) is 2.81. The molecular formula is C13H16ClNO2. The zero-order valence-electron chi connectivity index (χ0n) is 9.78. The summed E-state index contributed by atoms with van der Waals surface area (Å²) in [6.07, 6.45) is 1.62. The Kier molecular flexibility index (Phi) is 3.89. The molecule has 1 amide bonds. The molecule has 0 aromatic heterocycles. The zero-order valence-corrected chi connectivity index (χ0v) is 10.5. The fourth-order valence-electron chi connectivity index (χ4n) is 1.99. The van der Waals surface area contributed by atoms with Gasteiger partial charge in [-0.3, -0.25) is 0 Å². The number of rotatable bonds is 4. The molecule has 1 aromatic carbocycles. The van der Waals surface area contributed by atoms with Crippen LogP contribution in [0.5, 0.6) is 0 Å². The van der Waals surface area contributed by atoms with E-state index in [4.69, 9.17) is 16.3 Å². The Morgan fingerprint density at radius 2 is 2.18 bits per heavy atom. The molecule has 0 spiro atoms. The molecule has 0 aliphatic carbocycles. The van der Waals surface area contributed by atoms with E-state index in [-0.39, 0.29) is 12.2 Å². The predicted octanol–water partition coefficient (Wildman–Crippen LogP) is 3.33. The molecule has 2 atom stereocenters. The Bertz CT molecular complexity index is 391. The number of cyclic esters (lactones) is 1. The average Bonchev–Trinajstić information content (AvgIpc) is 2.73. The maximum absolute atomic E-state index is 10.9. The summed E-state index contributed by atoms with van der Waals surface area (Å²) >= 11 is 5.85. The van der Waals surface area contributed by atoms with Crippen LogP contribution in [0, 0.1) is 0 Å². The number of hydrogen-bond donors (Lipinski definition) is 1. The molecule has 1 N–H and O–H groups in total.